The van der Waals surface area contributed by atoms with E-state index in [0.29, 0.717) is 6.61 Å². The summed E-state index contributed by atoms with van der Waals surface area (Å²) in [6.07, 6.45) is 1.51. The van der Waals surface area contributed by atoms with Gasteiger partial charge >= 0.3 is 0 Å². The van der Waals surface area contributed by atoms with Crippen LogP contribution >= 0.6 is 0 Å². The van der Waals surface area contributed by atoms with E-state index < -0.39 is 11.5 Å². The minimum atomic E-state index is -0.853. The molecule has 2 N–H and O–H groups in total. The van der Waals surface area contributed by atoms with Crippen molar-refractivity contribution in [3.63, 3.8) is 0 Å². The van der Waals surface area contributed by atoms with Gasteiger partial charge in [0.25, 0.3) is 0 Å². The third kappa shape index (κ3) is 3.61. The minimum absolute atomic E-state index is 0.102. The molecule has 0 rings (SSSR count). The molecule has 0 aliphatic carbocycles. The van der Waals surface area contributed by atoms with E-state index in [1.54, 1.807) is 13.8 Å². The molecule has 0 fully saturated rings. The van der Waals surface area contributed by atoms with Crippen LogP contribution in [0, 0.1) is 17.4 Å². The maximum Gasteiger partial charge on any atom is 0.125 e. The third-order valence-electron chi connectivity index (χ3n) is 1.56. The minimum Gasteiger partial charge on any atom is -0.447 e. The van der Waals surface area contributed by atoms with Gasteiger partial charge in [-0.15, -0.1) is 0 Å². The molecule has 0 aromatic carbocycles. The van der Waals surface area contributed by atoms with Crippen molar-refractivity contribution in [2.45, 2.75) is 26.9 Å². The topological polar surface area (TPSA) is 49.7 Å². The molecular formula is C9H16O3. The zero-order chi connectivity index (χ0) is 9.61. The van der Waals surface area contributed by atoms with E-state index in [0.717, 1.165) is 0 Å². The molecule has 12 heavy (non-hydrogen) atoms. The van der Waals surface area contributed by atoms with Crippen molar-refractivity contribution < 1.29 is 14.9 Å². The maximum atomic E-state index is 9.39. The monoisotopic (exact) mass is 172 g/mol. The predicted molar refractivity (Wildman–Crippen MR) is 46.3 cm³/mol. The summed E-state index contributed by atoms with van der Waals surface area (Å²) in [4.78, 5) is 0. The van der Waals surface area contributed by atoms with Crippen LogP contribution in [0.1, 0.15) is 20.8 Å². The van der Waals surface area contributed by atoms with Crippen LogP contribution in [0.15, 0.2) is 0 Å². The van der Waals surface area contributed by atoms with E-state index in [1.807, 2.05) is 6.92 Å². The predicted octanol–water partition coefficient (Wildman–Crippen LogP) is 0.363. The molecule has 0 aliphatic heterocycles. The Morgan fingerprint density at radius 3 is 2.50 bits per heavy atom. The SMILES string of the molecule is CCOC#CC(O)C(C)(C)CO. The first kappa shape index (κ1) is 11.3. The summed E-state index contributed by atoms with van der Waals surface area (Å²) >= 11 is 0. The Hall–Kier alpha value is -0.720. The Labute approximate surface area is 73.4 Å². The molecule has 0 saturated carbocycles. The van der Waals surface area contributed by atoms with E-state index in [4.69, 9.17) is 9.84 Å². The summed E-state index contributed by atoms with van der Waals surface area (Å²) in [5, 5.41) is 18.2. The van der Waals surface area contributed by atoms with Crippen LogP contribution in [0.5, 0.6) is 0 Å². The molecule has 0 spiro atoms. The molecule has 3 nitrogen and oxygen atoms in total. The normalized spacial score (nSPS) is 13.1. The summed E-state index contributed by atoms with van der Waals surface area (Å²) < 4.78 is 4.74. The number of rotatable bonds is 3. The van der Waals surface area contributed by atoms with Crippen LogP contribution in [0.25, 0.3) is 0 Å². The third-order valence-corrected chi connectivity index (χ3v) is 1.56. The van der Waals surface area contributed by atoms with Gasteiger partial charge in [-0.05, 0) is 12.8 Å². The largest absolute Gasteiger partial charge is 0.447 e. The zero-order valence-electron chi connectivity index (χ0n) is 7.79. The van der Waals surface area contributed by atoms with Crippen molar-refractivity contribution in [2.24, 2.45) is 5.41 Å². The molecule has 0 heterocycles. The molecule has 0 bridgehead atoms. The lowest BCUT2D eigenvalue weighted by atomic mass is 9.88. The van der Waals surface area contributed by atoms with E-state index in [2.05, 4.69) is 12.0 Å². The molecule has 0 aliphatic rings. The van der Waals surface area contributed by atoms with Gasteiger partial charge in [0.1, 0.15) is 12.2 Å². The second-order valence-corrected chi connectivity index (χ2v) is 3.23. The summed E-state index contributed by atoms with van der Waals surface area (Å²) in [6, 6.07) is 0. The zero-order valence-corrected chi connectivity index (χ0v) is 7.79. The molecule has 3 heteroatoms. The summed E-state index contributed by atoms with van der Waals surface area (Å²) in [6.45, 7) is 5.68. The molecule has 70 valence electrons. The number of aliphatic hydroxyl groups is 2. The Bertz CT molecular complexity index is 176. The first-order chi connectivity index (χ1) is 5.54. The Kier molecular flexibility index (Phi) is 4.72. The number of ether oxygens (including phenoxy) is 1. The van der Waals surface area contributed by atoms with Crippen molar-refractivity contribution in [1.82, 2.24) is 0 Å². The van der Waals surface area contributed by atoms with Crippen LogP contribution in [-0.4, -0.2) is 29.5 Å². The number of hydrogen-bond donors (Lipinski definition) is 2. The van der Waals surface area contributed by atoms with Gasteiger partial charge in [-0.1, -0.05) is 13.8 Å². The molecule has 1 atom stereocenters. The molecule has 0 aromatic rings. The first-order valence-electron chi connectivity index (χ1n) is 3.96. The highest BCUT2D eigenvalue weighted by Gasteiger charge is 2.25. The lowest BCUT2D eigenvalue weighted by Gasteiger charge is -2.23. The van der Waals surface area contributed by atoms with Gasteiger partial charge in [0.2, 0.25) is 0 Å². The van der Waals surface area contributed by atoms with Crippen molar-refractivity contribution in [3.8, 4) is 12.0 Å². The highest BCUT2D eigenvalue weighted by atomic mass is 16.5. The van der Waals surface area contributed by atoms with E-state index in [1.165, 1.54) is 0 Å². The average molecular weight is 172 g/mol. The molecule has 1 unspecified atom stereocenters. The quantitative estimate of drug-likeness (QED) is 0.604. The van der Waals surface area contributed by atoms with Gasteiger partial charge in [0, 0.05) is 5.41 Å². The average Bonchev–Trinajstić information content (AvgIpc) is 2.05. The van der Waals surface area contributed by atoms with Crippen LogP contribution in [0.4, 0.5) is 0 Å². The van der Waals surface area contributed by atoms with E-state index in [9.17, 15) is 5.11 Å². The number of aliphatic hydroxyl groups excluding tert-OH is 2. The molecular weight excluding hydrogens is 156 g/mol. The van der Waals surface area contributed by atoms with Gasteiger partial charge in [0.05, 0.1) is 13.2 Å². The van der Waals surface area contributed by atoms with Gasteiger partial charge in [0.15, 0.2) is 0 Å². The highest BCUT2D eigenvalue weighted by molar-refractivity contribution is 5.04. The van der Waals surface area contributed by atoms with Gasteiger partial charge in [-0.2, -0.15) is 0 Å². The van der Waals surface area contributed by atoms with Gasteiger partial charge in [-0.25, -0.2) is 0 Å². The maximum absolute atomic E-state index is 9.39. The van der Waals surface area contributed by atoms with Crippen LogP contribution < -0.4 is 0 Å². The Morgan fingerprint density at radius 1 is 1.50 bits per heavy atom. The van der Waals surface area contributed by atoms with Crippen LogP contribution in [0.2, 0.25) is 0 Å². The van der Waals surface area contributed by atoms with Crippen molar-refractivity contribution in [3.05, 3.63) is 0 Å². The Morgan fingerprint density at radius 2 is 2.08 bits per heavy atom. The molecule has 0 radical (unpaired) electrons. The second-order valence-electron chi connectivity index (χ2n) is 3.23. The fourth-order valence-corrected chi connectivity index (χ4v) is 0.451. The first-order valence-corrected chi connectivity index (χ1v) is 3.96. The summed E-state index contributed by atoms with van der Waals surface area (Å²) in [5.74, 6) is 2.50. The fourth-order valence-electron chi connectivity index (χ4n) is 0.451. The standard InChI is InChI=1S/C9H16O3/c1-4-12-6-5-8(11)9(2,3)7-10/h8,10-11H,4,7H2,1-3H3. The van der Waals surface area contributed by atoms with Crippen LogP contribution in [-0.2, 0) is 4.74 Å². The second kappa shape index (κ2) is 5.02. The molecule has 0 aromatic heterocycles. The smallest absolute Gasteiger partial charge is 0.125 e. The van der Waals surface area contributed by atoms with E-state index >= 15 is 0 Å². The lowest BCUT2D eigenvalue weighted by Crippen LogP contribution is -2.31. The summed E-state index contributed by atoms with van der Waals surface area (Å²) in [5.41, 5.74) is -0.593. The number of hydrogen-bond acceptors (Lipinski definition) is 3. The Balaban J connectivity index is 4.04. The van der Waals surface area contributed by atoms with Crippen LogP contribution in [0.3, 0.4) is 0 Å². The van der Waals surface area contributed by atoms with Gasteiger partial charge < -0.3 is 14.9 Å². The molecule has 0 saturated heterocycles. The fraction of sp³-hybridized carbons (Fsp3) is 0.778. The summed E-state index contributed by atoms with van der Waals surface area (Å²) in [7, 11) is 0. The highest BCUT2D eigenvalue weighted by Crippen LogP contribution is 2.18. The van der Waals surface area contributed by atoms with Crippen molar-refractivity contribution in [1.29, 1.82) is 0 Å². The van der Waals surface area contributed by atoms with Crippen molar-refractivity contribution >= 4 is 0 Å². The van der Waals surface area contributed by atoms with Gasteiger partial charge in [-0.3, -0.25) is 0 Å². The molecule has 0 amide bonds. The lowest BCUT2D eigenvalue weighted by molar-refractivity contribution is 0.0434. The van der Waals surface area contributed by atoms with E-state index in [-0.39, 0.29) is 6.61 Å². The van der Waals surface area contributed by atoms with Crippen molar-refractivity contribution in [2.75, 3.05) is 13.2 Å².